The lowest BCUT2D eigenvalue weighted by Crippen LogP contribution is -2.25. The largest absolute Gasteiger partial charge is 0.481 e. The number of ketones is 1. The first-order valence-corrected chi connectivity index (χ1v) is 6.49. The average molecular weight is 257 g/mol. The molecule has 0 spiro atoms. The summed E-state index contributed by atoms with van der Waals surface area (Å²) in [5, 5.41) is 10.0. The Kier molecular flexibility index (Phi) is 2.66. The first-order valence-electron chi connectivity index (χ1n) is 6.49. The summed E-state index contributed by atoms with van der Waals surface area (Å²) in [6.45, 7) is 2.07. The van der Waals surface area contributed by atoms with Gasteiger partial charge in [0, 0.05) is 35.0 Å². The van der Waals surface area contributed by atoms with E-state index in [0.717, 1.165) is 23.0 Å². The molecule has 4 heteroatoms. The third-order valence-electron chi connectivity index (χ3n) is 3.86. The number of Topliss-reactive ketones (excluding diaryl/α,β-unsaturated/α-hetero) is 1. The molecule has 1 atom stereocenters. The zero-order chi connectivity index (χ0) is 13.6. The van der Waals surface area contributed by atoms with Crippen LogP contribution < -0.4 is 0 Å². The lowest BCUT2D eigenvalue weighted by Gasteiger charge is -2.17. The van der Waals surface area contributed by atoms with E-state index in [1.54, 1.807) is 0 Å². The molecule has 1 heterocycles. The summed E-state index contributed by atoms with van der Waals surface area (Å²) < 4.78 is 0. The highest BCUT2D eigenvalue weighted by atomic mass is 16.4. The molecule has 1 aromatic heterocycles. The summed E-state index contributed by atoms with van der Waals surface area (Å²) in [6.07, 6.45) is 1.43. The molecule has 0 amide bonds. The minimum atomic E-state index is -0.896. The lowest BCUT2D eigenvalue weighted by atomic mass is 9.86. The van der Waals surface area contributed by atoms with Gasteiger partial charge in [-0.1, -0.05) is 13.0 Å². The van der Waals surface area contributed by atoms with Crippen molar-refractivity contribution in [2.45, 2.75) is 26.2 Å². The maximum absolute atomic E-state index is 12.2. The topological polar surface area (TPSA) is 70.2 Å². The van der Waals surface area contributed by atoms with Crippen LogP contribution in [0.15, 0.2) is 18.2 Å². The van der Waals surface area contributed by atoms with E-state index in [1.807, 2.05) is 18.2 Å². The van der Waals surface area contributed by atoms with E-state index in [2.05, 4.69) is 11.9 Å². The fourth-order valence-electron chi connectivity index (χ4n) is 2.81. The molecule has 1 unspecified atom stereocenters. The zero-order valence-corrected chi connectivity index (χ0v) is 10.7. The van der Waals surface area contributed by atoms with Crippen molar-refractivity contribution < 1.29 is 14.7 Å². The summed E-state index contributed by atoms with van der Waals surface area (Å²) in [7, 11) is 0. The van der Waals surface area contributed by atoms with Crippen molar-refractivity contribution in [1.82, 2.24) is 4.98 Å². The Morgan fingerprint density at radius 2 is 2.21 bits per heavy atom. The molecule has 1 aliphatic carbocycles. The normalized spacial score (nSPS) is 18.6. The van der Waals surface area contributed by atoms with Crippen molar-refractivity contribution in [2.24, 2.45) is 5.92 Å². The number of nitrogens with one attached hydrogen (secondary N) is 1. The quantitative estimate of drug-likeness (QED) is 0.868. The maximum Gasteiger partial charge on any atom is 0.307 e. The standard InChI is InChI=1S/C15H15NO3/c1-2-8-3-4-11-10(5-8)14-12(16-11)6-9(15(18)19)7-13(14)17/h3-5,9,16H,2,6-7H2,1H3,(H,18,19). The van der Waals surface area contributed by atoms with Gasteiger partial charge >= 0.3 is 5.97 Å². The lowest BCUT2D eigenvalue weighted by molar-refractivity contribution is -0.141. The van der Waals surface area contributed by atoms with Crippen molar-refractivity contribution in [3.63, 3.8) is 0 Å². The number of carboxylic acid groups (broad SMARTS) is 1. The van der Waals surface area contributed by atoms with Gasteiger partial charge in [-0.25, -0.2) is 0 Å². The zero-order valence-electron chi connectivity index (χ0n) is 10.7. The number of aromatic nitrogens is 1. The van der Waals surface area contributed by atoms with E-state index in [9.17, 15) is 9.59 Å². The Balaban J connectivity index is 2.16. The van der Waals surface area contributed by atoms with Crippen molar-refractivity contribution in [3.05, 3.63) is 35.0 Å². The molecule has 19 heavy (non-hydrogen) atoms. The average Bonchev–Trinajstić information content (AvgIpc) is 2.76. The molecule has 0 fully saturated rings. The number of hydrogen-bond acceptors (Lipinski definition) is 2. The number of rotatable bonds is 2. The summed E-state index contributed by atoms with van der Waals surface area (Å²) in [5.74, 6) is -1.56. The molecule has 1 aliphatic rings. The molecule has 98 valence electrons. The van der Waals surface area contributed by atoms with Crippen LogP contribution in [0.3, 0.4) is 0 Å². The molecule has 2 N–H and O–H groups in total. The van der Waals surface area contributed by atoms with Crippen LogP contribution in [-0.2, 0) is 17.6 Å². The molecule has 4 nitrogen and oxygen atoms in total. The minimum Gasteiger partial charge on any atom is -0.481 e. The van der Waals surface area contributed by atoms with Crippen LogP contribution >= 0.6 is 0 Å². The molecule has 2 aromatic rings. The molecule has 0 saturated heterocycles. The van der Waals surface area contributed by atoms with E-state index in [1.165, 1.54) is 5.56 Å². The second-order valence-electron chi connectivity index (χ2n) is 5.08. The van der Waals surface area contributed by atoms with Gasteiger partial charge < -0.3 is 10.1 Å². The number of aliphatic carboxylic acids is 1. The van der Waals surface area contributed by atoms with Gasteiger partial charge in [-0.15, -0.1) is 0 Å². The number of benzene rings is 1. The molecular formula is C15H15NO3. The first-order chi connectivity index (χ1) is 9.10. The van der Waals surface area contributed by atoms with Gasteiger partial charge in [0.2, 0.25) is 0 Å². The summed E-state index contributed by atoms with van der Waals surface area (Å²) in [5.41, 5.74) is 3.57. The SMILES string of the molecule is CCc1ccc2[nH]c3c(c2c1)C(=O)CC(C(=O)O)C3. The van der Waals surface area contributed by atoms with Gasteiger partial charge in [-0.2, -0.15) is 0 Å². The summed E-state index contributed by atoms with van der Waals surface area (Å²) in [6, 6.07) is 6.03. The predicted octanol–water partition coefficient (Wildman–Crippen LogP) is 2.56. The second kappa shape index (κ2) is 4.23. The van der Waals surface area contributed by atoms with Crippen LogP contribution in [0.5, 0.6) is 0 Å². The molecule has 0 bridgehead atoms. The van der Waals surface area contributed by atoms with Crippen LogP contribution in [0.2, 0.25) is 0 Å². The van der Waals surface area contributed by atoms with Gasteiger partial charge in [0.25, 0.3) is 0 Å². The Morgan fingerprint density at radius 3 is 2.89 bits per heavy atom. The van der Waals surface area contributed by atoms with Crippen LogP contribution in [0.25, 0.3) is 10.9 Å². The van der Waals surface area contributed by atoms with Crippen molar-refractivity contribution in [3.8, 4) is 0 Å². The van der Waals surface area contributed by atoms with E-state index in [4.69, 9.17) is 5.11 Å². The molecule has 0 aliphatic heterocycles. The number of H-pyrrole nitrogens is 1. The highest BCUT2D eigenvalue weighted by Gasteiger charge is 2.32. The Morgan fingerprint density at radius 1 is 1.42 bits per heavy atom. The fourth-order valence-corrected chi connectivity index (χ4v) is 2.81. The van der Waals surface area contributed by atoms with Gasteiger partial charge in [-0.05, 0) is 24.1 Å². The van der Waals surface area contributed by atoms with E-state index < -0.39 is 11.9 Å². The van der Waals surface area contributed by atoms with Gasteiger partial charge in [-0.3, -0.25) is 9.59 Å². The van der Waals surface area contributed by atoms with E-state index in [0.29, 0.717) is 12.0 Å². The molecule has 3 rings (SSSR count). The molecule has 0 radical (unpaired) electrons. The third kappa shape index (κ3) is 1.84. The highest BCUT2D eigenvalue weighted by Crippen LogP contribution is 2.32. The van der Waals surface area contributed by atoms with Crippen molar-refractivity contribution in [1.29, 1.82) is 0 Å². The number of aromatic amines is 1. The second-order valence-corrected chi connectivity index (χ2v) is 5.08. The smallest absolute Gasteiger partial charge is 0.307 e. The predicted molar refractivity (Wildman–Crippen MR) is 71.5 cm³/mol. The van der Waals surface area contributed by atoms with Gasteiger partial charge in [0.15, 0.2) is 5.78 Å². The highest BCUT2D eigenvalue weighted by molar-refractivity contribution is 6.11. The third-order valence-corrected chi connectivity index (χ3v) is 3.86. The molecule has 0 saturated carbocycles. The number of aryl methyl sites for hydroxylation is 1. The fraction of sp³-hybridized carbons (Fsp3) is 0.333. The van der Waals surface area contributed by atoms with Crippen molar-refractivity contribution in [2.75, 3.05) is 0 Å². The summed E-state index contributed by atoms with van der Waals surface area (Å²) >= 11 is 0. The number of carboxylic acids is 1. The van der Waals surface area contributed by atoms with Crippen molar-refractivity contribution >= 4 is 22.7 Å². The van der Waals surface area contributed by atoms with E-state index >= 15 is 0 Å². The Hall–Kier alpha value is -2.10. The Bertz CT molecular complexity index is 684. The van der Waals surface area contributed by atoms with Crippen LogP contribution in [-0.4, -0.2) is 21.8 Å². The first kappa shape index (κ1) is 12.0. The molecular weight excluding hydrogens is 242 g/mol. The Labute approximate surface area is 110 Å². The van der Waals surface area contributed by atoms with Crippen LogP contribution in [0, 0.1) is 5.92 Å². The van der Waals surface area contributed by atoms with Crippen LogP contribution in [0.1, 0.15) is 35.0 Å². The van der Waals surface area contributed by atoms with E-state index in [-0.39, 0.29) is 12.2 Å². The summed E-state index contributed by atoms with van der Waals surface area (Å²) in [4.78, 5) is 26.4. The number of carbonyl (C=O) groups excluding carboxylic acids is 1. The number of hydrogen-bond donors (Lipinski definition) is 2. The van der Waals surface area contributed by atoms with Gasteiger partial charge in [0.1, 0.15) is 0 Å². The maximum atomic E-state index is 12.2. The van der Waals surface area contributed by atoms with Gasteiger partial charge in [0.05, 0.1) is 5.92 Å². The van der Waals surface area contributed by atoms with Crippen LogP contribution in [0.4, 0.5) is 0 Å². The number of carbonyl (C=O) groups is 2. The molecule has 1 aromatic carbocycles. The monoisotopic (exact) mass is 257 g/mol. The minimum absolute atomic E-state index is 0.0619. The number of fused-ring (bicyclic) bond motifs is 3.